The first-order valence-corrected chi connectivity index (χ1v) is 16.2. The Morgan fingerprint density at radius 1 is 1.20 bits per heavy atom. The van der Waals surface area contributed by atoms with Crippen molar-refractivity contribution in [2.45, 2.75) is 45.2 Å². The number of anilines is 2. The lowest BCUT2D eigenvalue weighted by Crippen LogP contribution is -2.51. The molecule has 0 aliphatic carbocycles. The lowest BCUT2D eigenvalue weighted by molar-refractivity contribution is -0.00718. The predicted molar refractivity (Wildman–Crippen MR) is 169 cm³/mol. The van der Waals surface area contributed by atoms with Gasteiger partial charge in [0.25, 0.3) is 0 Å². The maximum atomic E-state index is 16.7. The first-order valence-electron chi connectivity index (χ1n) is 15.4. The van der Waals surface area contributed by atoms with Gasteiger partial charge >= 0.3 is 6.01 Å². The van der Waals surface area contributed by atoms with Crippen molar-refractivity contribution in [2.24, 2.45) is 11.3 Å². The summed E-state index contributed by atoms with van der Waals surface area (Å²) < 4.78 is 52.0. The van der Waals surface area contributed by atoms with Crippen LogP contribution in [0, 0.1) is 34.3 Å². The van der Waals surface area contributed by atoms with Crippen molar-refractivity contribution in [3.05, 3.63) is 35.5 Å². The van der Waals surface area contributed by atoms with E-state index in [-0.39, 0.29) is 56.0 Å². The summed E-state index contributed by atoms with van der Waals surface area (Å²) in [6, 6.07) is 5.27. The molecule has 3 aromatic heterocycles. The molecule has 45 heavy (non-hydrogen) atoms. The van der Waals surface area contributed by atoms with Gasteiger partial charge < -0.3 is 25.6 Å². The Morgan fingerprint density at radius 3 is 2.69 bits per heavy atom. The second-order valence-electron chi connectivity index (χ2n) is 12.8. The number of likely N-dealkylation sites (tertiary alicyclic amines) is 1. The van der Waals surface area contributed by atoms with Crippen LogP contribution >= 0.6 is 11.3 Å². The van der Waals surface area contributed by atoms with Gasteiger partial charge in [0.15, 0.2) is 5.82 Å². The van der Waals surface area contributed by atoms with Crippen molar-refractivity contribution in [2.75, 3.05) is 56.6 Å². The Labute approximate surface area is 263 Å². The van der Waals surface area contributed by atoms with E-state index in [0.717, 1.165) is 43.7 Å². The largest absolute Gasteiger partial charge is 0.463 e. The third-order valence-electron chi connectivity index (χ3n) is 9.87. The smallest absolute Gasteiger partial charge is 0.319 e. The van der Waals surface area contributed by atoms with E-state index in [1.807, 2.05) is 13.0 Å². The average molecular weight is 637 g/mol. The zero-order valence-electron chi connectivity index (χ0n) is 25.2. The number of nitrogens with two attached hydrogens (primary N) is 1. The molecule has 0 radical (unpaired) electrons. The van der Waals surface area contributed by atoms with Gasteiger partial charge in [0.1, 0.15) is 33.9 Å². The Bertz CT molecular complexity index is 1820. The molecule has 1 aromatic carbocycles. The van der Waals surface area contributed by atoms with Gasteiger partial charge in [-0.2, -0.15) is 15.2 Å². The highest BCUT2D eigenvalue weighted by Gasteiger charge is 2.41. The van der Waals surface area contributed by atoms with E-state index in [0.29, 0.717) is 42.9 Å². The molecule has 3 saturated heterocycles. The van der Waals surface area contributed by atoms with Gasteiger partial charge in [-0.15, -0.1) is 11.3 Å². The van der Waals surface area contributed by atoms with Gasteiger partial charge in [0.05, 0.1) is 28.9 Å². The molecular weight excluding hydrogens is 601 g/mol. The number of fused-ring (bicyclic) bond motifs is 4. The summed E-state index contributed by atoms with van der Waals surface area (Å²) in [4.78, 5) is 18.3. The number of nitrogen functional groups attached to an aromatic ring is 1. The number of hydrogen-bond donors (Lipinski definition) is 2. The van der Waals surface area contributed by atoms with Crippen LogP contribution in [0.1, 0.15) is 38.7 Å². The van der Waals surface area contributed by atoms with Crippen molar-refractivity contribution < 1.29 is 17.9 Å². The number of piperidine rings is 1. The maximum absolute atomic E-state index is 16.7. The molecule has 0 unspecified atom stereocenters. The quantitative estimate of drug-likeness (QED) is 0.280. The van der Waals surface area contributed by atoms with E-state index < -0.39 is 23.7 Å². The summed E-state index contributed by atoms with van der Waals surface area (Å²) in [5.74, 6) is -0.932. The minimum absolute atomic E-state index is 0.00799. The first-order chi connectivity index (χ1) is 21.7. The van der Waals surface area contributed by atoms with Crippen molar-refractivity contribution in [1.82, 2.24) is 25.2 Å². The normalized spacial score (nSPS) is 25.2. The fourth-order valence-electron chi connectivity index (χ4n) is 7.31. The topological polar surface area (TPSA) is 116 Å². The second kappa shape index (κ2) is 11.6. The van der Waals surface area contributed by atoms with Crippen LogP contribution in [0.3, 0.4) is 0 Å². The summed E-state index contributed by atoms with van der Waals surface area (Å²) in [6.07, 6.45) is 4.36. The second-order valence-corrected chi connectivity index (χ2v) is 13.8. The zero-order valence-corrected chi connectivity index (χ0v) is 26.1. The molecule has 3 fully saturated rings. The fourth-order valence-corrected chi connectivity index (χ4v) is 8.26. The third-order valence-corrected chi connectivity index (χ3v) is 10.9. The molecule has 0 amide bonds. The lowest BCUT2D eigenvalue weighted by atomic mass is 9.73. The van der Waals surface area contributed by atoms with E-state index in [9.17, 15) is 14.0 Å². The van der Waals surface area contributed by atoms with Crippen LogP contribution in [-0.4, -0.2) is 77.9 Å². The molecule has 6 heterocycles. The van der Waals surface area contributed by atoms with E-state index in [4.69, 9.17) is 15.5 Å². The molecule has 4 aromatic rings. The standard InChI is InChI=1S/C32H35F3N8OS/c1-3-42-9-8-17(10-33)32(2,15-42)16-44-31-40-27-22(30(41-31)43-13-18-4-5-19(14-43)39-18)12-38-26(25(27)35)20-6-7-23(34)28-24(20)21(11-36)29(37)45-28/h6-7,12,17-19,39H,3-5,8-10,13-16,37H2,1-2H3/t17-,18-,19+,32+/m1/s1. The molecule has 3 aliphatic heterocycles. The van der Waals surface area contributed by atoms with E-state index >= 15 is 4.39 Å². The van der Waals surface area contributed by atoms with Crippen molar-refractivity contribution in [3.8, 4) is 23.3 Å². The van der Waals surface area contributed by atoms with Crippen LogP contribution in [0.2, 0.25) is 0 Å². The van der Waals surface area contributed by atoms with Crippen LogP contribution in [0.25, 0.3) is 32.2 Å². The molecule has 3 aliphatic rings. The van der Waals surface area contributed by atoms with Gasteiger partial charge in [0, 0.05) is 54.3 Å². The number of rotatable bonds is 7. The third kappa shape index (κ3) is 5.13. The number of ether oxygens (including phenoxy) is 1. The SMILES string of the molecule is CCN1CC[C@H](CF)[C@](C)(COc2nc(N3C[C@H]4CC[C@@H](C3)N4)c3cnc(-c4ccc(F)c5sc(N)c(C#N)c45)c(F)c3n2)C1. The Morgan fingerprint density at radius 2 is 1.98 bits per heavy atom. The average Bonchev–Trinajstić information content (AvgIpc) is 3.57. The molecule has 9 nitrogen and oxygen atoms in total. The number of piperazine rings is 1. The van der Waals surface area contributed by atoms with Crippen LogP contribution < -0.4 is 20.7 Å². The van der Waals surface area contributed by atoms with Crippen LogP contribution in [-0.2, 0) is 0 Å². The van der Waals surface area contributed by atoms with Gasteiger partial charge in [-0.1, -0.05) is 13.8 Å². The number of thiophene rings is 1. The van der Waals surface area contributed by atoms with Gasteiger partial charge in [-0.05, 0) is 50.4 Å². The monoisotopic (exact) mass is 636 g/mol. The first kappa shape index (κ1) is 30.0. The van der Waals surface area contributed by atoms with Crippen LogP contribution in [0.4, 0.5) is 24.0 Å². The van der Waals surface area contributed by atoms with Gasteiger partial charge in [-0.25, -0.2) is 8.78 Å². The summed E-state index contributed by atoms with van der Waals surface area (Å²) in [5, 5.41) is 14.2. The molecule has 3 N–H and O–H groups in total. The summed E-state index contributed by atoms with van der Waals surface area (Å²) in [5.41, 5.74) is 5.82. The predicted octanol–water partition coefficient (Wildman–Crippen LogP) is 5.28. The zero-order chi connectivity index (χ0) is 31.5. The summed E-state index contributed by atoms with van der Waals surface area (Å²) >= 11 is 0.943. The minimum atomic E-state index is -0.733. The minimum Gasteiger partial charge on any atom is -0.463 e. The van der Waals surface area contributed by atoms with Crippen molar-refractivity contribution in [1.29, 1.82) is 5.26 Å². The molecule has 0 saturated carbocycles. The number of alkyl halides is 1. The van der Waals surface area contributed by atoms with E-state index in [1.165, 1.54) is 18.3 Å². The highest BCUT2D eigenvalue weighted by Crippen LogP contribution is 2.43. The number of aromatic nitrogens is 3. The molecule has 0 spiro atoms. The Hall–Kier alpha value is -3.73. The molecule has 4 atom stereocenters. The number of benzene rings is 1. The van der Waals surface area contributed by atoms with Gasteiger partial charge in [-0.3, -0.25) is 9.37 Å². The molecular formula is C32H35F3N8OS. The Balaban J connectivity index is 1.35. The number of nitrogens with one attached hydrogen (secondary N) is 1. The van der Waals surface area contributed by atoms with Gasteiger partial charge in [0.2, 0.25) is 0 Å². The Kier molecular flexibility index (Phi) is 7.70. The number of hydrogen-bond acceptors (Lipinski definition) is 10. The number of nitriles is 1. The number of pyridine rings is 1. The van der Waals surface area contributed by atoms with Crippen LogP contribution in [0.5, 0.6) is 6.01 Å². The number of halogens is 3. The molecule has 2 bridgehead atoms. The van der Waals surface area contributed by atoms with Crippen molar-refractivity contribution in [3.63, 3.8) is 0 Å². The highest BCUT2D eigenvalue weighted by atomic mass is 32.1. The van der Waals surface area contributed by atoms with Crippen LogP contribution in [0.15, 0.2) is 18.3 Å². The van der Waals surface area contributed by atoms with E-state index in [1.54, 1.807) is 0 Å². The van der Waals surface area contributed by atoms with Crippen molar-refractivity contribution >= 4 is 43.1 Å². The maximum Gasteiger partial charge on any atom is 0.319 e. The molecule has 13 heteroatoms. The summed E-state index contributed by atoms with van der Waals surface area (Å²) in [7, 11) is 0. The van der Waals surface area contributed by atoms with E-state index in [2.05, 4.69) is 32.0 Å². The lowest BCUT2D eigenvalue weighted by Gasteiger charge is -2.44. The molecule has 7 rings (SSSR count). The summed E-state index contributed by atoms with van der Waals surface area (Å²) in [6.45, 7) is 7.59. The highest BCUT2D eigenvalue weighted by molar-refractivity contribution is 7.23. The fraction of sp³-hybridized carbons (Fsp3) is 0.500. The number of nitrogens with zero attached hydrogens (tertiary/aromatic N) is 6. The molecule has 236 valence electrons.